The highest BCUT2D eigenvalue weighted by Gasteiger charge is 2.34. The van der Waals surface area contributed by atoms with Crippen LogP contribution in [-0.4, -0.2) is 42.6 Å². The van der Waals surface area contributed by atoms with E-state index in [1.54, 1.807) is 30.3 Å². The summed E-state index contributed by atoms with van der Waals surface area (Å²) in [5.74, 6) is -0.350. The van der Waals surface area contributed by atoms with E-state index < -0.39 is 10.2 Å². The molecule has 1 heterocycles. The SMILES string of the molecule is Cc1cccc(NC(=O)CN2CCCN(Cc3ccc(Cl)cc3)S2(=O)=O)c1. The van der Waals surface area contributed by atoms with E-state index in [-0.39, 0.29) is 19.0 Å². The van der Waals surface area contributed by atoms with E-state index in [0.717, 1.165) is 11.1 Å². The number of carbonyl (C=O) groups is 1. The second-order valence-electron chi connectivity index (χ2n) is 6.57. The van der Waals surface area contributed by atoms with Crippen LogP contribution >= 0.6 is 11.6 Å². The Morgan fingerprint density at radius 1 is 1.11 bits per heavy atom. The molecule has 8 heteroatoms. The molecule has 27 heavy (non-hydrogen) atoms. The number of nitrogens with one attached hydrogen (secondary N) is 1. The predicted octanol–water partition coefficient (Wildman–Crippen LogP) is 3.04. The maximum Gasteiger partial charge on any atom is 0.282 e. The minimum Gasteiger partial charge on any atom is -0.325 e. The fourth-order valence-electron chi connectivity index (χ4n) is 3.02. The number of hydrogen-bond acceptors (Lipinski definition) is 3. The zero-order valence-electron chi connectivity index (χ0n) is 15.1. The molecule has 1 aliphatic heterocycles. The van der Waals surface area contributed by atoms with Crippen LogP contribution in [0.25, 0.3) is 0 Å². The minimum absolute atomic E-state index is 0.201. The van der Waals surface area contributed by atoms with Crippen LogP contribution in [0.1, 0.15) is 17.5 Å². The quantitative estimate of drug-likeness (QED) is 0.828. The lowest BCUT2D eigenvalue weighted by Gasteiger charge is -2.34. The Morgan fingerprint density at radius 3 is 2.52 bits per heavy atom. The van der Waals surface area contributed by atoms with E-state index in [2.05, 4.69) is 5.32 Å². The molecule has 1 amide bonds. The van der Waals surface area contributed by atoms with Gasteiger partial charge in [0.2, 0.25) is 5.91 Å². The fraction of sp³-hybridized carbons (Fsp3) is 0.316. The zero-order chi connectivity index (χ0) is 19.4. The number of nitrogens with zero attached hydrogens (tertiary/aromatic N) is 2. The van der Waals surface area contributed by atoms with Gasteiger partial charge in [-0.2, -0.15) is 17.0 Å². The monoisotopic (exact) mass is 407 g/mol. The number of anilines is 1. The van der Waals surface area contributed by atoms with Gasteiger partial charge in [0.25, 0.3) is 10.2 Å². The topological polar surface area (TPSA) is 69.7 Å². The third-order valence-corrected chi connectivity index (χ3v) is 6.54. The molecule has 144 valence electrons. The van der Waals surface area contributed by atoms with Crippen molar-refractivity contribution in [3.63, 3.8) is 0 Å². The molecular weight excluding hydrogens is 386 g/mol. The molecule has 6 nitrogen and oxygen atoms in total. The third kappa shape index (κ3) is 5.07. The first-order chi connectivity index (χ1) is 12.8. The normalized spacial score (nSPS) is 17.6. The van der Waals surface area contributed by atoms with E-state index >= 15 is 0 Å². The maximum absolute atomic E-state index is 12.9. The van der Waals surface area contributed by atoms with Crippen molar-refractivity contribution < 1.29 is 13.2 Å². The van der Waals surface area contributed by atoms with Gasteiger partial charge in [-0.15, -0.1) is 0 Å². The molecule has 2 aromatic rings. The lowest BCUT2D eigenvalue weighted by Crippen LogP contribution is -2.51. The molecule has 0 spiro atoms. The number of halogens is 1. The van der Waals surface area contributed by atoms with Crippen LogP contribution in [0.15, 0.2) is 48.5 Å². The highest BCUT2D eigenvalue weighted by atomic mass is 35.5. The average Bonchev–Trinajstić information content (AvgIpc) is 2.60. The van der Waals surface area contributed by atoms with Gasteiger partial charge in [-0.05, 0) is 48.7 Å². The molecular formula is C19H22ClN3O3S. The van der Waals surface area contributed by atoms with Crippen LogP contribution in [0.3, 0.4) is 0 Å². The number of benzene rings is 2. The Balaban J connectivity index is 1.66. The van der Waals surface area contributed by atoms with Crippen molar-refractivity contribution in [3.05, 3.63) is 64.7 Å². The second-order valence-corrected chi connectivity index (χ2v) is 8.94. The average molecular weight is 408 g/mol. The Morgan fingerprint density at radius 2 is 1.81 bits per heavy atom. The van der Waals surface area contributed by atoms with Gasteiger partial charge in [0, 0.05) is 30.3 Å². The molecule has 0 aliphatic carbocycles. The number of amides is 1. The van der Waals surface area contributed by atoms with Gasteiger partial charge in [0.1, 0.15) is 0 Å². The summed E-state index contributed by atoms with van der Waals surface area (Å²) in [6.07, 6.45) is 0.671. The summed E-state index contributed by atoms with van der Waals surface area (Å²) in [5, 5.41) is 3.37. The van der Waals surface area contributed by atoms with Gasteiger partial charge in [-0.25, -0.2) is 0 Å². The summed E-state index contributed by atoms with van der Waals surface area (Å²) in [6.45, 7) is 2.75. The largest absolute Gasteiger partial charge is 0.325 e. The van der Waals surface area contributed by atoms with Crippen molar-refractivity contribution in [2.45, 2.75) is 19.9 Å². The molecule has 3 rings (SSSR count). The van der Waals surface area contributed by atoms with E-state index in [4.69, 9.17) is 11.6 Å². The van der Waals surface area contributed by atoms with E-state index in [1.807, 2.05) is 25.1 Å². The second kappa shape index (κ2) is 8.39. The summed E-state index contributed by atoms with van der Waals surface area (Å²) in [4.78, 5) is 12.3. The molecule has 1 saturated heterocycles. The van der Waals surface area contributed by atoms with E-state index in [1.165, 1.54) is 8.61 Å². The Labute approximate surface area is 164 Å². The summed E-state index contributed by atoms with van der Waals surface area (Å²) in [5.41, 5.74) is 2.54. The number of hydrogen-bond donors (Lipinski definition) is 1. The van der Waals surface area contributed by atoms with Crippen molar-refractivity contribution in [2.24, 2.45) is 0 Å². The first-order valence-electron chi connectivity index (χ1n) is 8.71. The van der Waals surface area contributed by atoms with Crippen LogP contribution in [0, 0.1) is 6.92 Å². The summed E-state index contributed by atoms with van der Waals surface area (Å²) in [7, 11) is -3.70. The first-order valence-corrected chi connectivity index (χ1v) is 10.5. The summed E-state index contributed by atoms with van der Waals surface area (Å²) in [6, 6.07) is 14.5. The Hall–Kier alpha value is -1.93. The van der Waals surface area contributed by atoms with Gasteiger partial charge in [-0.3, -0.25) is 4.79 Å². The van der Waals surface area contributed by atoms with E-state index in [9.17, 15) is 13.2 Å². The molecule has 0 radical (unpaired) electrons. The molecule has 2 aromatic carbocycles. The smallest absolute Gasteiger partial charge is 0.282 e. The summed E-state index contributed by atoms with van der Waals surface area (Å²) < 4.78 is 28.4. The van der Waals surface area contributed by atoms with Gasteiger partial charge in [0.15, 0.2) is 0 Å². The van der Waals surface area contributed by atoms with Crippen molar-refractivity contribution in [3.8, 4) is 0 Å². The molecule has 1 N–H and O–H groups in total. The summed E-state index contributed by atoms with van der Waals surface area (Å²) >= 11 is 5.88. The molecule has 0 atom stereocenters. The fourth-order valence-corrected chi connectivity index (χ4v) is 4.78. The maximum atomic E-state index is 12.9. The molecule has 1 fully saturated rings. The predicted molar refractivity (Wildman–Crippen MR) is 107 cm³/mol. The standard InChI is InChI=1S/C19H22ClN3O3S/c1-15-4-2-5-18(12-15)21-19(24)14-23-11-3-10-22(27(23,25)26)13-16-6-8-17(20)9-7-16/h2,4-9,12H,3,10-11,13-14H2,1H3,(H,21,24). The Kier molecular flexibility index (Phi) is 6.16. The number of rotatable bonds is 5. The van der Waals surface area contributed by atoms with E-state index in [0.29, 0.717) is 30.2 Å². The molecule has 1 aliphatic rings. The number of aryl methyl sites for hydroxylation is 1. The van der Waals surface area contributed by atoms with Crippen LogP contribution in [0.2, 0.25) is 5.02 Å². The van der Waals surface area contributed by atoms with Crippen molar-refractivity contribution in [2.75, 3.05) is 25.0 Å². The molecule has 0 saturated carbocycles. The van der Waals surface area contributed by atoms with Gasteiger partial charge in [-0.1, -0.05) is 35.9 Å². The molecule has 0 aromatic heterocycles. The lowest BCUT2D eigenvalue weighted by atomic mass is 10.2. The van der Waals surface area contributed by atoms with Crippen molar-refractivity contribution >= 4 is 33.4 Å². The van der Waals surface area contributed by atoms with Gasteiger partial charge >= 0.3 is 0 Å². The first kappa shape index (κ1) is 19.8. The van der Waals surface area contributed by atoms with Crippen molar-refractivity contribution in [1.29, 1.82) is 0 Å². The lowest BCUT2D eigenvalue weighted by molar-refractivity contribution is -0.116. The van der Waals surface area contributed by atoms with Gasteiger partial charge < -0.3 is 5.32 Å². The van der Waals surface area contributed by atoms with Crippen LogP contribution in [-0.2, 0) is 21.5 Å². The van der Waals surface area contributed by atoms with Crippen LogP contribution < -0.4 is 5.32 Å². The Bertz CT molecular complexity index is 916. The zero-order valence-corrected chi connectivity index (χ0v) is 16.6. The van der Waals surface area contributed by atoms with Crippen molar-refractivity contribution in [1.82, 2.24) is 8.61 Å². The van der Waals surface area contributed by atoms with Crippen LogP contribution in [0.4, 0.5) is 5.69 Å². The van der Waals surface area contributed by atoms with Crippen LogP contribution in [0.5, 0.6) is 0 Å². The number of carbonyl (C=O) groups excluding carboxylic acids is 1. The highest BCUT2D eigenvalue weighted by Crippen LogP contribution is 2.20. The molecule has 0 unspecified atom stereocenters. The minimum atomic E-state index is -3.70. The molecule has 0 bridgehead atoms. The highest BCUT2D eigenvalue weighted by molar-refractivity contribution is 7.86. The van der Waals surface area contributed by atoms with Gasteiger partial charge in [0.05, 0.1) is 6.54 Å². The third-order valence-electron chi connectivity index (χ3n) is 4.36.